The van der Waals surface area contributed by atoms with Gasteiger partial charge in [0.15, 0.2) is 0 Å². The predicted molar refractivity (Wildman–Crippen MR) is 91.9 cm³/mol. The van der Waals surface area contributed by atoms with Crippen LogP contribution in [0.2, 0.25) is 19.6 Å². The summed E-state index contributed by atoms with van der Waals surface area (Å²) in [6, 6.07) is 15.7. The summed E-state index contributed by atoms with van der Waals surface area (Å²) in [5.41, 5.74) is 4.08. The normalized spacial score (nSPS) is 11.6. The summed E-state index contributed by atoms with van der Waals surface area (Å²) in [7, 11) is -1.20. The van der Waals surface area contributed by atoms with Crippen molar-refractivity contribution in [1.82, 2.24) is 0 Å². The Bertz CT molecular complexity index is 565. The van der Waals surface area contributed by atoms with E-state index in [2.05, 4.69) is 85.0 Å². The molecule has 2 heteroatoms. The number of benzene rings is 2. The van der Waals surface area contributed by atoms with E-state index in [9.17, 15) is 0 Å². The first-order valence-corrected chi connectivity index (χ1v) is 11.1. The number of aryl methyl sites for hydroxylation is 1. The molecule has 0 spiro atoms. The van der Waals surface area contributed by atoms with Gasteiger partial charge in [-0.3, -0.25) is 0 Å². The molecule has 100 valence electrons. The summed E-state index contributed by atoms with van der Waals surface area (Å²) in [5.74, 6) is 0. The Morgan fingerprint density at radius 1 is 0.947 bits per heavy atom. The van der Waals surface area contributed by atoms with Crippen LogP contribution in [-0.2, 0) is 6.42 Å². The lowest BCUT2D eigenvalue weighted by molar-refractivity contribution is 1.14. The van der Waals surface area contributed by atoms with Crippen LogP contribution in [0, 0.1) is 0 Å². The van der Waals surface area contributed by atoms with Gasteiger partial charge >= 0.3 is 0 Å². The maximum atomic E-state index is 3.55. The van der Waals surface area contributed by atoms with Crippen LogP contribution in [0.3, 0.4) is 0 Å². The zero-order valence-electron chi connectivity index (χ0n) is 12.1. The molecule has 0 amide bonds. The van der Waals surface area contributed by atoms with Crippen LogP contribution in [0.4, 0.5) is 0 Å². The summed E-state index contributed by atoms with van der Waals surface area (Å²) in [6.07, 6.45) is 1.06. The molecule has 0 atom stereocenters. The molecule has 0 saturated carbocycles. The number of rotatable bonds is 3. The molecule has 0 saturated heterocycles. The van der Waals surface area contributed by atoms with Gasteiger partial charge in [0.1, 0.15) is 0 Å². The Balaban J connectivity index is 2.43. The van der Waals surface area contributed by atoms with Crippen molar-refractivity contribution < 1.29 is 0 Å². The van der Waals surface area contributed by atoms with Crippen molar-refractivity contribution in [3.63, 3.8) is 0 Å². The van der Waals surface area contributed by atoms with Crippen molar-refractivity contribution in [2.45, 2.75) is 33.0 Å². The van der Waals surface area contributed by atoms with E-state index in [1.807, 2.05) is 0 Å². The van der Waals surface area contributed by atoms with Crippen molar-refractivity contribution in [2.75, 3.05) is 0 Å². The lowest BCUT2D eigenvalue weighted by Crippen LogP contribution is -2.37. The largest absolute Gasteiger partial charge is 0.0775 e. The lowest BCUT2D eigenvalue weighted by atomic mass is 9.98. The van der Waals surface area contributed by atoms with Crippen molar-refractivity contribution in [1.29, 1.82) is 0 Å². The third-order valence-corrected chi connectivity index (χ3v) is 6.07. The molecule has 0 radical (unpaired) electrons. The Labute approximate surface area is 126 Å². The second-order valence-corrected chi connectivity index (χ2v) is 12.0. The molecule has 19 heavy (non-hydrogen) atoms. The topological polar surface area (TPSA) is 0 Å². The Morgan fingerprint density at radius 3 is 2.11 bits per heavy atom. The molecule has 0 nitrogen and oxygen atoms in total. The zero-order valence-corrected chi connectivity index (χ0v) is 14.7. The lowest BCUT2D eigenvalue weighted by Gasteiger charge is -2.17. The van der Waals surface area contributed by atoms with Gasteiger partial charge in [0.05, 0.1) is 8.07 Å². The monoisotopic (exact) mass is 332 g/mol. The molecule has 0 aromatic heterocycles. The summed E-state index contributed by atoms with van der Waals surface area (Å²) >= 11 is 3.55. The molecule has 2 rings (SSSR count). The van der Waals surface area contributed by atoms with Crippen LogP contribution in [0.5, 0.6) is 0 Å². The molecule has 0 unspecified atom stereocenters. The molecule has 0 aliphatic carbocycles. The Kier molecular flexibility index (Phi) is 4.31. The molecule has 2 aromatic rings. The van der Waals surface area contributed by atoms with Crippen LogP contribution in [-0.4, -0.2) is 8.07 Å². The first-order chi connectivity index (χ1) is 8.91. The molecular weight excluding hydrogens is 312 g/mol. The third kappa shape index (κ3) is 3.37. The number of halogens is 1. The highest BCUT2D eigenvalue weighted by atomic mass is 79.9. The summed E-state index contributed by atoms with van der Waals surface area (Å²) in [4.78, 5) is 0. The van der Waals surface area contributed by atoms with E-state index >= 15 is 0 Å². The maximum Gasteiger partial charge on any atom is 0.0775 e. The van der Waals surface area contributed by atoms with E-state index in [1.165, 1.54) is 21.9 Å². The van der Waals surface area contributed by atoms with E-state index in [4.69, 9.17) is 0 Å². The highest BCUT2D eigenvalue weighted by molar-refractivity contribution is 9.10. The van der Waals surface area contributed by atoms with Gasteiger partial charge in [-0.2, -0.15) is 0 Å². The van der Waals surface area contributed by atoms with Crippen molar-refractivity contribution in [3.05, 3.63) is 52.5 Å². The fourth-order valence-corrected chi connectivity index (χ4v) is 3.86. The highest BCUT2D eigenvalue weighted by Gasteiger charge is 2.16. The molecule has 0 N–H and O–H groups in total. The van der Waals surface area contributed by atoms with Gasteiger partial charge in [-0.25, -0.2) is 0 Å². The third-order valence-electron chi connectivity index (χ3n) is 3.51. The molecule has 2 aromatic carbocycles. The Morgan fingerprint density at radius 2 is 1.58 bits per heavy atom. The summed E-state index contributed by atoms with van der Waals surface area (Å²) in [6.45, 7) is 9.37. The molecule has 0 bridgehead atoms. The van der Waals surface area contributed by atoms with E-state index < -0.39 is 8.07 Å². The molecule has 0 aliphatic heterocycles. The summed E-state index contributed by atoms with van der Waals surface area (Å²) in [5, 5.41) is 1.52. The van der Waals surface area contributed by atoms with Crippen LogP contribution in [0.25, 0.3) is 11.1 Å². The van der Waals surface area contributed by atoms with Crippen molar-refractivity contribution >= 4 is 29.2 Å². The smallest absolute Gasteiger partial charge is 0.0656 e. The number of hydrogen-bond donors (Lipinski definition) is 0. The first kappa shape index (κ1) is 14.5. The predicted octanol–water partition coefficient (Wildman–Crippen LogP) is 5.22. The fraction of sp³-hybridized carbons (Fsp3) is 0.294. The quantitative estimate of drug-likeness (QED) is 0.675. The van der Waals surface area contributed by atoms with Crippen molar-refractivity contribution in [2.24, 2.45) is 0 Å². The fourth-order valence-electron chi connectivity index (χ4n) is 2.29. The molecule has 0 fully saturated rings. The van der Waals surface area contributed by atoms with E-state index in [0.29, 0.717) is 0 Å². The van der Waals surface area contributed by atoms with Gasteiger partial charge in [0.25, 0.3) is 0 Å². The van der Waals surface area contributed by atoms with Crippen LogP contribution in [0.15, 0.2) is 46.9 Å². The molecular formula is C17H21BrSi. The van der Waals surface area contributed by atoms with Crippen molar-refractivity contribution in [3.8, 4) is 11.1 Å². The van der Waals surface area contributed by atoms with E-state index in [1.54, 1.807) is 0 Å². The molecule has 0 aliphatic rings. The molecule has 0 heterocycles. The summed E-state index contributed by atoms with van der Waals surface area (Å²) < 4.78 is 1.16. The zero-order chi connectivity index (χ0) is 14.0. The highest BCUT2D eigenvalue weighted by Crippen LogP contribution is 2.27. The SMILES string of the molecule is CCc1cc(Br)ccc1-c1ccc([Si](C)(C)C)cc1. The van der Waals surface area contributed by atoms with Gasteiger partial charge in [-0.15, -0.1) is 0 Å². The minimum absolute atomic E-state index is 1.06. The first-order valence-electron chi connectivity index (χ1n) is 6.81. The number of hydrogen-bond acceptors (Lipinski definition) is 0. The average Bonchev–Trinajstić information content (AvgIpc) is 2.37. The Hall–Kier alpha value is -0.863. The van der Waals surface area contributed by atoms with Gasteiger partial charge in [-0.1, -0.05) is 78.0 Å². The average molecular weight is 333 g/mol. The van der Waals surface area contributed by atoms with Gasteiger partial charge in [0, 0.05) is 4.47 Å². The van der Waals surface area contributed by atoms with Crippen LogP contribution >= 0.6 is 15.9 Å². The van der Waals surface area contributed by atoms with E-state index in [0.717, 1.165) is 10.9 Å². The second kappa shape index (κ2) is 5.64. The van der Waals surface area contributed by atoms with E-state index in [-0.39, 0.29) is 0 Å². The van der Waals surface area contributed by atoms with Gasteiger partial charge in [0.2, 0.25) is 0 Å². The van der Waals surface area contributed by atoms with Crippen LogP contribution in [0.1, 0.15) is 12.5 Å². The minimum atomic E-state index is -1.20. The minimum Gasteiger partial charge on any atom is -0.0656 e. The maximum absolute atomic E-state index is 3.55. The van der Waals surface area contributed by atoms with Gasteiger partial charge in [-0.05, 0) is 35.2 Å². The van der Waals surface area contributed by atoms with Gasteiger partial charge < -0.3 is 0 Å². The standard InChI is InChI=1S/C17H21BrSi/c1-5-13-12-15(18)8-11-17(13)14-6-9-16(10-7-14)19(2,3)4/h6-12H,5H2,1-4H3. The van der Waals surface area contributed by atoms with Crippen LogP contribution < -0.4 is 5.19 Å². The second-order valence-electron chi connectivity index (χ2n) is 5.98.